The van der Waals surface area contributed by atoms with Crippen molar-refractivity contribution in [2.24, 2.45) is 0 Å². The van der Waals surface area contributed by atoms with E-state index in [4.69, 9.17) is 4.18 Å². The highest BCUT2D eigenvalue weighted by molar-refractivity contribution is 7.99. The predicted octanol–water partition coefficient (Wildman–Crippen LogP) is 4.27. The van der Waals surface area contributed by atoms with Crippen molar-refractivity contribution in [2.45, 2.75) is 44.1 Å². The Morgan fingerprint density at radius 3 is 2.76 bits per heavy atom. The Hall–Kier alpha value is -0.650. The van der Waals surface area contributed by atoms with Crippen molar-refractivity contribution in [3.05, 3.63) is 29.3 Å². The van der Waals surface area contributed by atoms with Crippen LogP contribution in [0.25, 0.3) is 0 Å². The summed E-state index contributed by atoms with van der Waals surface area (Å²) in [6.07, 6.45) is 4.44. The van der Waals surface area contributed by atoms with E-state index in [9.17, 15) is 4.79 Å². The molecule has 21 heavy (non-hydrogen) atoms. The molecule has 1 rings (SSSR count). The van der Waals surface area contributed by atoms with Crippen LogP contribution in [0.15, 0.2) is 23.1 Å². The van der Waals surface area contributed by atoms with Gasteiger partial charge in [0.05, 0.1) is 13.2 Å². The minimum Gasteiger partial charge on any atom is -0.469 e. The SMILES string of the molecule is COC(=O)CCc1ccc(SCC[C@@H](C)OSC)cc1C. The lowest BCUT2D eigenvalue weighted by Gasteiger charge is -2.11. The van der Waals surface area contributed by atoms with Crippen molar-refractivity contribution in [1.29, 1.82) is 0 Å². The number of rotatable bonds is 9. The van der Waals surface area contributed by atoms with E-state index in [2.05, 4.69) is 36.8 Å². The maximum Gasteiger partial charge on any atom is 0.305 e. The molecule has 0 heterocycles. The molecular formula is C16H24O3S2. The highest BCUT2D eigenvalue weighted by Crippen LogP contribution is 2.24. The van der Waals surface area contributed by atoms with Crippen LogP contribution in [0.3, 0.4) is 0 Å². The summed E-state index contributed by atoms with van der Waals surface area (Å²) in [5, 5.41) is 0. The quantitative estimate of drug-likeness (QED) is 0.384. The monoisotopic (exact) mass is 328 g/mol. The molecule has 0 saturated heterocycles. The van der Waals surface area contributed by atoms with Gasteiger partial charge in [0.1, 0.15) is 0 Å². The smallest absolute Gasteiger partial charge is 0.305 e. The fraction of sp³-hybridized carbons (Fsp3) is 0.562. The molecule has 0 aromatic heterocycles. The van der Waals surface area contributed by atoms with E-state index >= 15 is 0 Å². The molecule has 0 bridgehead atoms. The molecule has 1 aromatic rings. The zero-order valence-corrected chi connectivity index (χ0v) is 14.8. The Balaban J connectivity index is 2.44. The minimum absolute atomic E-state index is 0.157. The molecule has 0 N–H and O–H groups in total. The second-order valence-electron chi connectivity index (χ2n) is 4.88. The van der Waals surface area contributed by atoms with E-state index in [-0.39, 0.29) is 12.1 Å². The van der Waals surface area contributed by atoms with E-state index in [1.807, 2.05) is 18.0 Å². The third-order valence-electron chi connectivity index (χ3n) is 3.19. The molecule has 5 heteroatoms. The summed E-state index contributed by atoms with van der Waals surface area (Å²) in [5.41, 5.74) is 2.45. The standard InChI is InChI=1S/C16H24O3S2/c1-12-11-15(21-10-9-13(2)19-20-4)7-5-14(12)6-8-16(17)18-3/h5,7,11,13H,6,8-10H2,1-4H3/t13-/m1/s1. The molecule has 118 valence electrons. The normalized spacial score (nSPS) is 12.2. The van der Waals surface area contributed by atoms with Gasteiger partial charge >= 0.3 is 5.97 Å². The number of thioether (sulfide) groups is 1. The van der Waals surface area contributed by atoms with Gasteiger partial charge in [-0.15, -0.1) is 11.8 Å². The van der Waals surface area contributed by atoms with Gasteiger partial charge in [0.15, 0.2) is 0 Å². The Labute approximate surface area is 136 Å². The van der Waals surface area contributed by atoms with Crippen LogP contribution in [0.1, 0.15) is 30.9 Å². The van der Waals surface area contributed by atoms with Gasteiger partial charge in [-0.2, -0.15) is 0 Å². The fourth-order valence-electron chi connectivity index (χ4n) is 1.93. The Kier molecular flexibility index (Phi) is 8.88. The summed E-state index contributed by atoms with van der Waals surface area (Å²) in [5.74, 6) is 0.887. The second kappa shape index (κ2) is 10.1. The topological polar surface area (TPSA) is 35.5 Å². The number of hydrogen-bond donors (Lipinski definition) is 0. The molecule has 0 aliphatic heterocycles. The first kappa shape index (κ1) is 18.4. The van der Waals surface area contributed by atoms with Crippen molar-refractivity contribution in [1.82, 2.24) is 0 Å². The Morgan fingerprint density at radius 1 is 1.38 bits per heavy atom. The van der Waals surface area contributed by atoms with Crippen LogP contribution in [-0.2, 0) is 20.1 Å². The summed E-state index contributed by atoms with van der Waals surface area (Å²) in [4.78, 5) is 12.5. The van der Waals surface area contributed by atoms with Crippen molar-refractivity contribution < 1.29 is 13.7 Å². The first-order chi connectivity index (χ1) is 10.1. The van der Waals surface area contributed by atoms with Crippen molar-refractivity contribution >= 4 is 29.8 Å². The van der Waals surface area contributed by atoms with Gasteiger partial charge in [-0.3, -0.25) is 4.79 Å². The molecule has 3 nitrogen and oxygen atoms in total. The second-order valence-corrected chi connectivity index (χ2v) is 6.57. The Bertz CT molecular complexity index is 449. The molecule has 0 radical (unpaired) electrons. The molecule has 0 aliphatic rings. The van der Waals surface area contributed by atoms with Crippen LogP contribution >= 0.6 is 23.8 Å². The number of aryl methyl sites for hydroxylation is 2. The largest absolute Gasteiger partial charge is 0.469 e. The zero-order chi connectivity index (χ0) is 15.7. The van der Waals surface area contributed by atoms with E-state index < -0.39 is 0 Å². The lowest BCUT2D eigenvalue weighted by Crippen LogP contribution is -2.04. The van der Waals surface area contributed by atoms with Crippen LogP contribution in [-0.4, -0.2) is 31.2 Å². The van der Waals surface area contributed by atoms with E-state index in [0.717, 1.165) is 18.6 Å². The number of benzene rings is 1. The van der Waals surface area contributed by atoms with Crippen molar-refractivity contribution in [3.63, 3.8) is 0 Å². The number of carbonyl (C=O) groups is 1. The van der Waals surface area contributed by atoms with Gasteiger partial charge in [-0.1, -0.05) is 6.07 Å². The fourth-order valence-corrected chi connectivity index (χ4v) is 3.47. The summed E-state index contributed by atoms with van der Waals surface area (Å²) in [7, 11) is 1.43. The summed E-state index contributed by atoms with van der Waals surface area (Å²) >= 11 is 3.27. The van der Waals surface area contributed by atoms with Gasteiger partial charge < -0.3 is 8.92 Å². The maximum absolute atomic E-state index is 11.2. The third kappa shape index (κ3) is 7.25. The third-order valence-corrected chi connectivity index (χ3v) is 4.74. The van der Waals surface area contributed by atoms with E-state index in [1.165, 1.54) is 35.2 Å². The number of methoxy groups -OCH3 is 1. The predicted molar refractivity (Wildman–Crippen MR) is 90.9 cm³/mol. The number of ether oxygens (including phenoxy) is 1. The number of esters is 1. The lowest BCUT2D eigenvalue weighted by atomic mass is 10.0. The van der Waals surface area contributed by atoms with Crippen molar-refractivity contribution in [2.75, 3.05) is 19.1 Å². The van der Waals surface area contributed by atoms with Gasteiger partial charge in [-0.05, 0) is 62.0 Å². The molecule has 1 atom stereocenters. The van der Waals surface area contributed by atoms with Crippen LogP contribution in [0, 0.1) is 6.92 Å². The number of carbonyl (C=O) groups excluding carboxylic acids is 1. The molecule has 0 aliphatic carbocycles. The molecule has 0 amide bonds. The van der Waals surface area contributed by atoms with Gasteiger partial charge in [0.2, 0.25) is 0 Å². The Morgan fingerprint density at radius 2 is 2.14 bits per heavy atom. The van der Waals surface area contributed by atoms with E-state index in [0.29, 0.717) is 6.42 Å². The molecule has 0 unspecified atom stereocenters. The van der Waals surface area contributed by atoms with Gasteiger partial charge in [-0.25, -0.2) is 0 Å². The summed E-state index contributed by atoms with van der Waals surface area (Å²) < 4.78 is 10.1. The van der Waals surface area contributed by atoms with Crippen LogP contribution in [0.5, 0.6) is 0 Å². The lowest BCUT2D eigenvalue weighted by molar-refractivity contribution is -0.140. The van der Waals surface area contributed by atoms with Gasteiger partial charge in [0.25, 0.3) is 0 Å². The average molecular weight is 328 g/mol. The summed E-state index contributed by atoms with van der Waals surface area (Å²) in [6.45, 7) is 4.19. The average Bonchev–Trinajstić information content (AvgIpc) is 2.46. The highest BCUT2D eigenvalue weighted by atomic mass is 32.2. The molecule has 0 spiro atoms. The number of hydrogen-bond acceptors (Lipinski definition) is 5. The van der Waals surface area contributed by atoms with Crippen LogP contribution in [0.4, 0.5) is 0 Å². The highest BCUT2D eigenvalue weighted by Gasteiger charge is 2.06. The zero-order valence-electron chi connectivity index (χ0n) is 13.2. The molecular weight excluding hydrogens is 304 g/mol. The summed E-state index contributed by atoms with van der Waals surface area (Å²) in [6, 6.07) is 6.43. The van der Waals surface area contributed by atoms with Gasteiger partial charge in [0, 0.05) is 23.3 Å². The maximum atomic E-state index is 11.2. The van der Waals surface area contributed by atoms with Crippen molar-refractivity contribution in [3.8, 4) is 0 Å². The minimum atomic E-state index is -0.157. The van der Waals surface area contributed by atoms with Crippen LogP contribution < -0.4 is 0 Å². The first-order valence-electron chi connectivity index (χ1n) is 7.05. The molecule has 1 aromatic carbocycles. The molecule has 0 saturated carbocycles. The van der Waals surface area contributed by atoms with E-state index in [1.54, 1.807) is 0 Å². The molecule has 0 fully saturated rings. The van der Waals surface area contributed by atoms with Crippen LogP contribution in [0.2, 0.25) is 0 Å². The first-order valence-corrected chi connectivity index (χ1v) is 9.19.